The molecule has 4 rings (SSSR count). The van der Waals surface area contributed by atoms with E-state index in [1.54, 1.807) is 18.2 Å². The standard InChI is InChI=1S/C18H21N3O5S/c1-24-17-18(20-8-7-19-17)26-14-3-2-9-21(12-14)27(22,23)15-4-5-16-13(11-15)6-10-25-16/h4-5,7-8,11,14H,2-3,6,9-10,12H2,1H3. The minimum absolute atomic E-state index is 0.260. The number of aromatic nitrogens is 2. The second-order valence-corrected chi connectivity index (χ2v) is 8.42. The largest absolute Gasteiger partial charge is 0.493 e. The van der Waals surface area contributed by atoms with Gasteiger partial charge in [-0.25, -0.2) is 18.4 Å². The van der Waals surface area contributed by atoms with E-state index in [1.807, 2.05) is 0 Å². The molecule has 0 radical (unpaired) electrons. The van der Waals surface area contributed by atoms with Crippen molar-refractivity contribution in [3.05, 3.63) is 36.2 Å². The summed E-state index contributed by atoms with van der Waals surface area (Å²) >= 11 is 0. The van der Waals surface area contributed by atoms with Crippen LogP contribution in [0.1, 0.15) is 18.4 Å². The maximum atomic E-state index is 13.1. The summed E-state index contributed by atoms with van der Waals surface area (Å²) in [7, 11) is -2.10. The van der Waals surface area contributed by atoms with Gasteiger partial charge in [0.2, 0.25) is 10.0 Å². The Balaban J connectivity index is 1.52. The summed E-state index contributed by atoms with van der Waals surface area (Å²) in [5.74, 6) is 1.33. The van der Waals surface area contributed by atoms with Gasteiger partial charge in [0.05, 0.1) is 25.2 Å². The fourth-order valence-corrected chi connectivity index (χ4v) is 4.94. The smallest absolute Gasteiger partial charge is 0.278 e. The van der Waals surface area contributed by atoms with Crippen LogP contribution in [0.15, 0.2) is 35.5 Å². The minimum atomic E-state index is -3.59. The first-order valence-electron chi connectivity index (χ1n) is 8.85. The normalized spacial score (nSPS) is 20.0. The number of piperidine rings is 1. The SMILES string of the molecule is COc1nccnc1OC1CCCN(S(=O)(=O)c2ccc3c(c2)CCO3)C1. The molecule has 2 aromatic rings. The van der Waals surface area contributed by atoms with Crippen molar-refractivity contribution in [2.45, 2.75) is 30.3 Å². The van der Waals surface area contributed by atoms with Crippen LogP contribution in [0.3, 0.4) is 0 Å². The third-order valence-electron chi connectivity index (χ3n) is 4.74. The molecule has 0 saturated carbocycles. The first-order chi connectivity index (χ1) is 13.1. The maximum Gasteiger partial charge on any atom is 0.278 e. The highest BCUT2D eigenvalue weighted by molar-refractivity contribution is 7.89. The van der Waals surface area contributed by atoms with Crippen LogP contribution in [0.2, 0.25) is 0 Å². The molecule has 0 spiro atoms. The zero-order valence-corrected chi connectivity index (χ0v) is 15.8. The van der Waals surface area contributed by atoms with Gasteiger partial charge in [-0.3, -0.25) is 0 Å². The summed E-state index contributed by atoms with van der Waals surface area (Å²) in [5.41, 5.74) is 0.935. The van der Waals surface area contributed by atoms with E-state index in [9.17, 15) is 8.42 Å². The zero-order chi connectivity index (χ0) is 18.9. The van der Waals surface area contributed by atoms with Crippen LogP contribution in [-0.4, -0.2) is 55.6 Å². The molecule has 27 heavy (non-hydrogen) atoms. The Morgan fingerprint density at radius 3 is 2.85 bits per heavy atom. The molecule has 1 saturated heterocycles. The summed E-state index contributed by atoms with van der Waals surface area (Å²) in [6, 6.07) is 5.06. The lowest BCUT2D eigenvalue weighted by atomic mass is 10.1. The molecule has 0 aliphatic carbocycles. The van der Waals surface area contributed by atoms with Crippen LogP contribution < -0.4 is 14.2 Å². The number of benzene rings is 1. The van der Waals surface area contributed by atoms with Crippen molar-refractivity contribution in [2.75, 3.05) is 26.8 Å². The number of hydrogen-bond donors (Lipinski definition) is 0. The van der Waals surface area contributed by atoms with Crippen molar-refractivity contribution in [2.24, 2.45) is 0 Å². The van der Waals surface area contributed by atoms with Crippen LogP contribution in [0, 0.1) is 0 Å². The van der Waals surface area contributed by atoms with E-state index in [2.05, 4.69) is 9.97 Å². The summed E-state index contributed by atoms with van der Waals surface area (Å²) < 4.78 is 44.1. The first-order valence-corrected chi connectivity index (χ1v) is 10.3. The van der Waals surface area contributed by atoms with Crippen LogP contribution in [0.4, 0.5) is 0 Å². The first kappa shape index (κ1) is 18.0. The maximum absolute atomic E-state index is 13.1. The third-order valence-corrected chi connectivity index (χ3v) is 6.61. The summed E-state index contributed by atoms with van der Waals surface area (Å²) in [4.78, 5) is 8.49. The van der Waals surface area contributed by atoms with Gasteiger partial charge < -0.3 is 14.2 Å². The molecular formula is C18H21N3O5S. The molecule has 1 aromatic heterocycles. The second kappa shape index (κ2) is 7.32. The van der Waals surface area contributed by atoms with E-state index in [4.69, 9.17) is 14.2 Å². The molecule has 1 aromatic carbocycles. The molecule has 9 heteroatoms. The van der Waals surface area contributed by atoms with E-state index in [0.717, 1.165) is 24.2 Å². The molecule has 3 heterocycles. The number of rotatable bonds is 5. The van der Waals surface area contributed by atoms with Crippen molar-refractivity contribution in [1.29, 1.82) is 0 Å². The van der Waals surface area contributed by atoms with Gasteiger partial charge in [-0.1, -0.05) is 0 Å². The Bertz CT molecular complexity index is 934. The Kier molecular flexibility index (Phi) is 4.88. The van der Waals surface area contributed by atoms with Gasteiger partial charge in [-0.05, 0) is 36.6 Å². The second-order valence-electron chi connectivity index (χ2n) is 6.48. The quantitative estimate of drug-likeness (QED) is 0.765. The van der Waals surface area contributed by atoms with Gasteiger partial charge in [-0.15, -0.1) is 0 Å². The van der Waals surface area contributed by atoms with Gasteiger partial charge >= 0.3 is 0 Å². The average molecular weight is 391 g/mol. The van der Waals surface area contributed by atoms with Gasteiger partial charge in [0.15, 0.2) is 0 Å². The molecule has 1 unspecified atom stereocenters. The van der Waals surface area contributed by atoms with Gasteiger partial charge in [-0.2, -0.15) is 4.31 Å². The Labute approximate surface area is 158 Å². The van der Waals surface area contributed by atoms with Crippen molar-refractivity contribution in [1.82, 2.24) is 14.3 Å². The van der Waals surface area contributed by atoms with E-state index in [0.29, 0.717) is 24.5 Å². The fraction of sp³-hybridized carbons (Fsp3) is 0.444. The van der Waals surface area contributed by atoms with Crippen LogP contribution in [-0.2, 0) is 16.4 Å². The molecule has 2 aliphatic rings. The monoisotopic (exact) mass is 391 g/mol. The highest BCUT2D eigenvalue weighted by Gasteiger charge is 2.32. The van der Waals surface area contributed by atoms with Gasteiger partial charge in [0.1, 0.15) is 11.9 Å². The van der Waals surface area contributed by atoms with Gasteiger partial charge in [0, 0.05) is 25.4 Å². The summed E-state index contributed by atoms with van der Waals surface area (Å²) in [6.07, 6.45) is 4.90. The highest BCUT2D eigenvalue weighted by atomic mass is 32.2. The molecule has 8 nitrogen and oxygen atoms in total. The van der Waals surface area contributed by atoms with Crippen LogP contribution >= 0.6 is 0 Å². The highest BCUT2D eigenvalue weighted by Crippen LogP contribution is 2.30. The summed E-state index contributed by atoms with van der Waals surface area (Å²) in [5, 5.41) is 0. The van der Waals surface area contributed by atoms with Crippen molar-refractivity contribution >= 4 is 10.0 Å². The van der Waals surface area contributed by atoms with Crippen molar-refractivity contribution in [3.63, 3.8) is 0 Å². The molecule has 0 bridgehead atoms. The fourth-order valence-electron chi connectivity index (χ4n) is 3.38. The molecular weight excluding hydrogens is 370 g/mol. The molecule has 0 N–H and O–H groups in total. The van der Waals surface area contributed by atoms with Crippen molar-refractivity contribution < 1.29 is 22.6 Å². The number of sulfonamides is 1. The molecule has 0 amide bonds. The lowest BCUT2D eigenvalue weighted by Crippen LogP contribution is -2.44. The van der Waals surface area contributed by atoms with E-state index in [1.165, 1.54) is 23.8 Å². The van der Waals surface area contributed by atoms with Gasteiger partial charge in [0.25, 0.3) is 11.8 Å². The van der Waals surface area contributed by atoms with E-state index >= 15 is 0 Å². The molecule has 2 aliphatic heterocycles. The average Bonchev–Trinajstić information content (AvgIpc) is 3.16. The number of methoxy groups -OCH3 is 1. The molecule has 1 fully saturated rings. The van der Waals surface area contributed by atoms with E-state index < -0.39 is 10.0 Å². The van der Waals surface area contributed by atoms with Crippen LogP contribution in [0.5, 0.6) is 17.5 Å². The Morgan fingerprint density at radius 2 is 2.04 bits per heavy atom. The predicted octanol–water partition coefficient (Wildman–Crippen LogP) is 1.65. The number of fused-ring (bicyclic) bond motifs is 1. The van der Waals surface area contributed by atoms with Crippen molar-refractivity contribution in [3.8, 4) is 17.5 Å². The molecule has 1 atom stereocenters. The van der Waals surface area contributed by atoms with Crippen LogP contribution in [0.25, 0.3) is 0 Å². The topological polar surface area (TPSA) is 90.9 Å². The minimum Gasteiger partial charge on any atom is -0.493 e. The number of nitrogens with zero attached hydrogens (tertiary/aromatic N) is 3. The number of ether oxygens (including phenoxy) is 3. The zero-order valence-electron chi connectivity index (χ0n) is 15.0. The predicted molar refractivity (Wildman–Crippen MR) is 96.6 cm³/mol. The van der Waals surface area contributed by atoms with E-state index in [-0.39, 0.29) is 24.4 Å². The lowest BCUT2D eigenvalue weighted by molar-refractivity contribution is 0.119. The third kappa shape index (κ3) is 3.57. The Hall–Kier alpha value is -2.39. The molecule has 144 valence electrons. The number of hydrogen-bond acceptors (Lipinski definition) is 7. The Morgan fingerprint density at radius 1 is 1.22 bits per heavy atom. The summed E-state index contributed by atoms with van der Waals surface area (Å²) in [6.45, 7) is 1.32. The lowest BCUT2D eigenvalue weighted by Gasteiger charge is -2.32.